The molecule has 2 aromatic heterocycles. The number of fused-ring (bicyclic) bond motifs is 1. The van der Waals surface area contributed by atoms with E-state index < -0.39 is 17.2 Å². The third-order valence-electron chi connectivity index (χ3n) is 6.88. The van der Waals surface area contributed by atoms with Crippen LogP contribution in [0.4, 0.5) is 8.78 Å². The Hall–Kier alpha value is -2.54. The molecule has 2 aliphatic carbocycles. The zero-order valence-electron chi connectivity index (χ0n) is 17.9. The van der Waals surface area contributed by atoms with Gasteiger partial charge in [-0.15, -0.1) is 10.2 Å². The van der Waals surface area contributed by atoms with Crippen LogP contribution in [0.25, 0.3) is 5.65 Å². The molecule has 7 heteroatoms. The highest BCUT2D eigenvalue weighted by Gasteiger charge is 2.38. The van der Waals surface area contributed by atoms with Crippen molar-refractivity contribution in [2.45, 2.75) is 63.6 Å². The lowest BCUT2D eigenvalue weighted by Crippen LogP contribution is -2.37. The van der Waals surface area contributed by atoms with Crippen LogP contribution in [0.3, 0.4) is 0 Å². The molecule has 2 aliphatic rings. The molecule has 164 valence electrons. The zero-order valence-corrected chi connectivity index (χ0v) is 17.9. The first-order valence-corrected chi connectivity index (χ1v) is 11.0. The van der Waals surface area contributed by atoms with Crippen molar-refractivity contribution in [1.82, 2.24) is 14.6 Å². The van der Waals surface area contributed by atoms with Gasteiger partial charge in [-0.2, -0.15) is 0 Å². The van der Waals surface area contributed by atoms with Gasteiger partial charge in [0.15, 0.2) is 17.3 Å². The van der Waals surface area contributed by atoms with E-state index in [1.807, 2.05) is 19.2 Å². The van der Waals surface area contributed by atoms with Gasteiger partial charge in [0.2, 0.25) is 0 Å². The van der Waals surface area contributed by atoms with Gasteiger partial charge in [0.05, 0.1) is 11.7 Å². The molecule has 0 spiro atoms. The van der Waals surface area contributed by atoms with Crippen LogP contribution >= 0.6 is 0 Å². The van der Waals surface area contributed by atoms with Crippen LogP contribution in [0.5, 0.6) is 5.75 Å². The number of methoxy groups -OCH3 is 1. The number of halogens is 2. The first-order chi connectivity index (χ1) is 15.0. The molecule has 0 N–H and O–H groups in total. The molecule has 0 bridgehead atoms. The van der Waals surface area contributed by atoms with Gasteiger partial charge in [0.1, 0.15) is 11.6 Å². The summed E-state index contributed by atoms with van der Waals surface area (Å²) >= 11 is 0. The number of hydrogen-bond donors (Lipinski definition) is 0. The van der Waals surface area contributed by atoms with E-state index in [4.69, 9.17) is 9.47 Å². The first kappa shape index (κ1) is 20.4. The summed E-state index contributed by atoms with van der Waals surface area (Å²) in [4.78, 5) is 0. The van der Waals surface area contributed by atoms with E-state index in [1.165, 1.54) is 25.0 Å². The average Bonchev–Trinajstić information content (AvgIpc) is 3.51. The van der Waals surface area contributed by atoms with E-state index in [0.29, 0.717) is 18.4 Å². The summed E-state index contributed by atoms with van der Waals surface area (Å²) in [5, 5.41) is 8.78. The standard InChI is InChI=1S/C24H27F2N3O2/c1-15-21(9-12-29-22(13-16-3-4-16)27-28-23(15)29)31-18-7-10-24(30-2,11-8-18)17-5-6-19(25)20(26)14-17/h5-6,9,12,14,16,18H,3-4,7-8,10-11,13H2,1-2H3. The highest BCUT2D eigenvalue weighted by molar-refractivity contribution is 5.54. The highest BCUT2D eigenvalue weighted by Crippen LogP contribution is 2.42. The lowest BCUT2D eigenvalue weighted by molar-refractivity contribution is -0.0652. The molecule has 0 radical (unpaired) electrons. The van der Waals surface area contributed by atoms with Crippen molar-refractivity contribution < 1.29 is 18.3 Å². The third kappa shape index (κ3) is 3.80. The second-order valence-electron chi connectivity index (χ2n) is 8.91. The molecule has 5 nitrogen and oxygen atoms in total. The van der Waals surface area contributed by atoms with E-state index in [-0.39, 0.29) is 6.10 Å². The van der Waals surface area contributed by atoms with Crippen molar-refractivity contribution in [3.8, 4) is 5.75 Å². The monoisotopic (exact) mass is 427 g/mol. The van der Waals surface area contributed by atoms with Gasteiger partial charge >= 0.3 is 0 Å². The van der Waals surface area contributed by atoms with Crippen LogP contribution in [-0.4, -0.2) is 27.8 Å². The Balaban J connectivity index is 1.30. The Morgan fingerprint density at radius 3 is 2.52 bits per heavy atom. The molecule has 31 heavy (non-hydrogen) atoms. The molecular formula is C24H27F2N3O2. The maximum Gasteiger partial charge on any atom is 0.167 e. The number of hydrogen-bond acceptors (Lipinski definition) is 4. The number of benzene rings is 1. The fourth-order valence-corrected chi connectivity index (χ4v) is 4.71. The van der Waals surface area contributed by atoms with E-state index in [0.717, 1.165) is 48.0 Å². The number of aryl methyl sites for hydroxylation is 1. The fourth-order valence-electron chi connectivity index (χ4n) is 4.71. The van der Waals surface area contributed by atoms with Gasteiger partial charge in [0.25, 0.3) is 0 Å². The van der Waals surface area contributed by atoms with Gasteiger partial charge in [-0.25, -0.2) is 8.78 Å². The fraction of sp³-hybridized carbons (Fsp3) is 0.500. The largest absolute Gasteiger partial charge is 0.490 e. The number of pyridine rings is 1. The molecule has 2 fully saturated rings. The lowest BCUT2D eigenvalue weighted by atomic mass is 9.78. The number of rotatable bonds is 6. The Bertz CT molecular complexity index is 1100. The summed E-state index contributed by atoms with van der Waals surface area (Å²) in [6.45, 7) is 2.02. The second kappa shape index (κ2) is 7.86. The van der Waals surface area contributed by atoms with E-state index >= 15 is 0 Å². The summed E-state index contributed by atoms with van der Waals surface area (Å²) in [7, 11) is 1.63. The lowest BCUT2D eigenvalue weighted by Gasteiger charge is -2.39. The summed E-state index contributed by atoms with van der Waals surface area (Å²) < 4.78 is 41.4. The quantitative estimate of drug-likeness (QED) is 0.547. The average molecular weight is 427 g/mol. The predicted molar refractivity (Wildman–Crippen MR) is 112 cm³/mol. The molecule has 2 heterocycles. The summed E-state index contributed by atoms with van der Waals surface area (Å²) in [6, 6.07) is 6.03. The van der Waals surface area contributed by atoms with Crippen molar-refractivity contribution in [2.24, 2.45) is 5.92 Å². The molecule has 1 aromatic carbocycles. The molecule has 0 aliphatic heterocycles. The summed E-state index contributed by atoms with van der Waals surface area (Å²) in [5.74, 6) is 0.903. The summed E-state index contributed by atoms with van der Waals surface area (Å²) in [5.41, 5.74) is 1.90. The topological polar surface area (TPSA) is 48.7 Å². The van der Waals surface area contributed by atoms with Crippen molar-refractivity contribution in [1.29, 1.82) is 0 Å². The van der Waals surface area contributed by atoms with Crippen LogP contribution in [0.1, 0.15) is 55.5 Å². The molecule has 0 saturated heterocycles. The Morgan fingerprint density at radius 1 is 1.06 bits per heavy atom. The molecule has 0 atom stereocenters. The zero-order chi connectivity index (χ0) is 21.6. The second-order valence-corrected chi connectivity index (χ2v) is 8.91. The van der Waals surface area contributed by atoms with E-state index in [2.05, 4.69) is 14.6 Å². The van der Waals surface area contributed by atoms with Crippen LogP contribution in [0.15, 0.2) is 30.5 Å². The van der Waals surface area contributed by atoms with Crippen molar-refractivity contribution >= 4 is 5.65 Å². The van der Waals surface area contributed by atoms with Crippen LogP contribution in [-0.2, 0) is 16.8 Å². The molecule has 0 unspecified atom stereocenters. The van der Waals surface area contributed by atoms with Gasteiger partial charge in [-0.05, 0) is 75.1 Å². The van der Waals surface area contributed by atoms with Gasteiger partial charge in [0, 0.05) is 25.3 Å². The normalized spacial score (nSPS) is 23.9. The minimum Gasteiger partial charge on any atom is -0.490 e. The molecule has 0 amide bonds. The van der Waals surface area contributed by atoms with Crippen molar-refractivity contribution in [2.75, 3.05) is 7.11 Å². The number of ether oxygens (including phenoxy) is 2. The minimum atomic E-state index is -0.842. The van der Waals surface area contributed by atoms with E-state index in [1.54, 1.807) is 13.2 Å². The highest BCUT2D eigenvalue weighted by atomic mass is 19.2. The minimum absolute atomic E-state index is 0.0311. The van der Waals surface area contributed by atoms with E-state index in [9.17, 15) is 8.78 Å². The molecule has 3 aromatic rings. The van der Waals surface area contributed by atoms with Crippen LogP contribution < -0.4 is 4.74 Å². The Morgan fingerprint density at radius 2 is 1.84 bits per heavy atom. The molecular weight excluding hydrogens is 400 g/mol. The SMILES string of the molecule is COC1(c2ccc(F)c(F)c2)CCC(Oc2ccn3c(CC4CC4)nnc3c2C)CC1. The van der Waals surface area contributed by atoms with Crippen molar-refractivity contribution in [3.63, 3.8) is 0 Å². The van der Waals surface area contributed by atoms with Crippen LogP contribution in [0, 0.1) is 24.5 Å². The maximum atomic E-state index is 13.8. The molecule has 5 rings (SSSR count). The Labute approximate surface area is 180 Å². The van der Waals surface area contributed by atoms with Crippen LogP contribution in [0.2, 0.25) is 0 Å². The van der Waals surface area contributed by atoms with Gasteiger partial charge in [-0.3, -0.25) is 4.40 Å². The first-order valence-electron chi connectivity index (χ1n) is 11.0. The maximum absolute atomic E-state index is 13.8. The van der Waals surface area contributed by atoms with Crippen molar-refractivity contribution in [3.05, 3.63) is 59.0 Å². The Kier molecular flexibility index (Phi) is 5.16. The smallest absolute Gasteiger partial charge is 0.167 e. The number of aromatic nitrogens is 3. The van der Waals surface area contributed by atoms with Gasteiger partial charge in [-0.1, -0.05) is 6.07 Å². The third-order valence-corrected chi connectivity index (χ3v) is 6.88. The van der Waals surface area contributed by atoms with Gasteiger partial charge < -0.3 is 9.47 Å². The predicted octanol–water partition coefficient (Wildman–Crippen LogP) is 5.13. The number of nitrogens with zero attached hydrogens (tertiary/aromatic N) is 3. The summed E-state index contributed by atoms with van der Waals surface area (Å²) in [6.07, 6.45) is 8.45. The molecule has 2 saturated carbocycles.